The summed E-state index contributed by atoms with van der Waals surface area (Å²) < 4.78 is 27.1. The molecule has 2 aromatic heterocycles. The van der Waals surface area contributed by atoms with Crippen LogP contribution in [0.3, 0.4) is 0 Å². The number of nitrogens with two attached hydrogens (primary N) is 1. The van der Waals surface area contributed by atoms with Crippen LogP contribution in [0, 0.1) is 5.82 Å². The fourth-order valence-corrected chi connectivity index (χ4v) is 3.61. The minimum absolute atomic E-state index is 0.00620. The summed E-state index contributed by atoms with van der Waals surface area (Å²) >= 11 is 0. The maximum Gasteiger partial charge on any atom is 0.256 e. The molecule has 0 atom stereocenters. The minimum Gasteiger partial charge on any atom is -0.497 e. The van der Waals surface area contributed by atoms with Crippen molar-refractivity contribution < 1.29 is 23.5 Å². The molecule has 2 heterocycles. The van der Waals surface area contributed by atoms with Crippen molar-refractivity contribution in [3.63, 3.8) is 0 Å². The number of halogens is 1. The SMILES string of the molecule is C=CC(=O)Nc1cccc(CNc2nc(Nc3cc(OC)cc(OC)c3)c(C(N)=O)c3nccn23)c1F. The van der Waals surface area contributed by atoms with Gasteiger partial charge in [-0.15, -0.1) is 0 Å². The third kappa shape index (κ3) is 5.27. The average molecular weight is 506 g/mol. The Morgan fingerprint density at radius 3 is 2.57 bits per heavy atom. The number of nitrogens with zero attached hydrogens (tertiary/aromatic N) is 3. The first-order valence-corrected chi connectivity index (χ1v) is 11.0. The van der Waals surface area contributed by atoms with Gasteiger partial charge in [0, 0.05) is 48.4 Å². The first kappa shape index (κ1) is 25.0. The molecule has 12 heteroatoms. The zero-order valence-corrected chi connectivity index (χ0v) is 20.0. The molecule has 0 aliphatic carbocycles. The summed E-state index contributed by atoms with van der Waals surface area (Å²) in [7, 11) is 3.03. The number of imidazole rings is 1. The first-order valence-electron chi connectivity index (χ1n) is 11.0. The van der Waals surface area contributed by atoms with E-state index in [1.165, 1.54) is 30.9 Å². The van der Waals surface area contributed by atoms with Gasteiger partial charge in [-0.3, -0.25) is 14.0 Å². The van der Waals surface area contributed by atoms with Crippen molar-refractivity contribution >= 4 is 40.6 Å². The van der Waals surface area contributed by atoms with E-state index in [2.05, 4.69) is 32.5 Å². The van der Waals surface area contributed by atoms with Crippen LogP contribution in [0.25, 0.3) is 5.65 Å². The highest BCUT2D eigenvalue weighted by Gasteiger charge is 2.20. The topological polar surface area (TPSA) is 145 Å². The van der Waals surface area contributed by atoms with Crippen LogP contribution >= 0.6 is 0 Å². The molecule has 2 aromatic carbocycles. The van der Waals surface area contributed by atoms with E-state index in [9.17, 15) is 14.0 Å². The summed E-state index contributed by atoms with van der Waals surface area (Å²) in [6.45, 7) is 3.38. The number of primary amides is 1. The van der Waals surface area contributed by atoms with Crippen LogP contribution < -0.4 is 31.2 Å². The molecule has 0 aliphatic rings. The van der Waals surface area contributed by atoms with Gasteiger partial charge in [-0.05, 0) is 12.1 Å². The maximum absolute atomic E-state index is 15.0. The lowest BCUT2D eigenvalue weighted by Crippen LogP contribution is -2.19. The number of fused-ring (bicyclic) bond motifs is 1. The Morgan fingerprint density at radius 2 is 1.92 bits per heavy atom. The van der Waals surface area contributed by atoms with Crippen molar-refractivity contribution in [2.75, 3.05) is 30.2 Å². The number of hydrogen-bond acceptors (Lipinski definition) is 8. The number of nitrogens with one attached hydrogen (secondary N) is 3. The van der Waals surface area contributed by atoms with Crippen molar-refractivity contribution in [1.82, 2.24) is 14.4 Å². The van der Waals surface area contributed by atoms with Gasteiger partial charge in [0.1, 0.15) is 17.1 Å². The molecular weight excluding hydrogens is 481 g/mol. The molecule has 0 radical (unpaired) electrons. The highest BCUT2D eigenvalue weighted by molar-refractivity contribution is 6.04. The highest BCUT2D eigenvalue weighted by Crippen LogP contribution is 2.30. The van der Waals surface area contributed by atoms with Gasteiger partial charge in [-0.25, -0.2) is 9.37 Å². The number of methoxy groups -OCH3 is 2. The van der Waals surface area contributed by atoms with Crippen LogP contribution in [-0.2, 0) is 11.3 Å². The third-order valence-electron chi connectivity index (χ3n) is 5.37. The number of ether oxygens (including phenoxy) is 2. The second-order valence-electron chi connectivity index (χ2n) is 7.70. The number of benzene rings is 2. The van der Waals surface area contributed by atoms with Crippen LogP contribution in [0.4, 0.5) is 27.5 Å². The van der Waals surface area contributed by atoms with Gasteiger partial charge in [-0.2, -0.15) is 4.98 Å². The smallest absolute Gasteiger partial charge is 0.256 e. The number of anilines is 4. The second-order valence-corrected chi connectivity index (χ2v) is 7.70. The molecule has 37 heavy (non-hydrogen) atoms. The number of carbonyl (C=O) groups is 2. The Labute approximate surface area is 211 Å². The molecule has 11 nitrogen and oxygen atoms in total. The van der Waals surface area contributed by atoms with Gasteiger partial charge >= 0.3 is 0 Å². The van der Waals surface area contributed by atoms with E-state index in [-0.39, 0.29) is 40.8 Å². The van der Waals surface area contributed by atoms with Crippen molar-refractivity contribution in [3.05, 3.63) is 78.4 Å². The van der Waals surface area contributed by atoms with Crippen LogP contribution in [0.1, 0.15) is 15.9 Å². The average Bonchev–Trinajstić information content (AvgIpc) is 3.38. The molecule has 0 spiro atoms. The fourth-order valence-electron chi connectivity index (χ4n) is 3.61. The summed E-state index contributed by atoms with van der Waals surface area (Å²) in [6.07, 6.45) is 4.13. The number of rotatable bonds is 10. The van der Waals surface area contributed by atoms with Crippen LogP contribution in [-0.4, -0.2) is 40.4 Å². The summed E-state index contributed by atoms with van der Waals surface area (Å²) in [5.41, 5.74) is 6.78. The van der Waals surface area contributed by atoms with Crippen molar-refractivity contribution in [2.24, 2.45) is 5.73 Å². The molecule has 0 aliphatic heterocycles. The van der Waals surface area contributed by atoms with Gasteiger partial charge in [0.25, 0.3) is 5.91 Å². The number of hydrogen-bond donors (Lipinski definition) is 4. The van der Waals surface area contributed by atoms with Crippen molar-refractivity contribution in [3.8, 4) is 11.5 Å². The lowest BCUT2D eigenvalue weighted by molar-refractivity contribution is -0.111. The summed E-state index contributed by atoms with van der Waals surface area (Å²) in [6, 6.07) is 9.69. The highest BCUT2D eigenvalue weighted by atomic mass is 19.1. The summed E-state index contributed by atoms with van der Waals surface area (Å²) in [4.78, 5) is 32.8. The summed E-state index contributed by atoms with van der Waals surface area (Å²) in [5.74, 6) is -0.473. The molecule has 0 saturated heterocycles. The zero-order chi connectivity index (χ0) is 26.5. The third-order valence-corrected chi connectivity index (χ3v) is 5.37. The van der Waals surface area contributed by atoms with E-state index in [0.29, 0.717) is 17.2 Å². The van der Waals surface area contributed by atoms with E-state index in [1.807, 2.05) is 0 Å². The largest absolute Gasteiger partial charge is 0.497 e. The van der Waals surface area contributed by atoms with Crippen LogP contribution in [0.15, 0.2) is 61.4 Å². The maximum atomic E-state index is 15.0. The Morgan fingerprint density at radius 1 is 1.19 bits per heavy atom. The lowest BCUT2D eigenvalue weighted by Gasteiger charge is -2.16. The Hall–Kier alpha value is -5.13. The number of aromatic nitrogens is 3. The molecule has 4 rings (SSSR count). The molecule has 190 valence electrons. The number of amides is 2. The first-order chi connectivity index (χ1) is 17.8. The zero-order valence-electron chi connectivity index (χ0n) is 20.0. The van der Waals surface area contributed by atoms with Gasteiger partial charge < -0.3 is 31.2 Å². The predicted molar refractivity (Wildman–Crippen MR) is 137 cm³/mol. The van der Waals surface area contributed by atoms with Crippen molar-refractivity contribution in [2.45, 2.75) is 6.54 Å². The molecule has 4 aromatic rings. The quantitative estimate of drug-likeness (QED) is 0.240. The second kappa shape index (κ2) is 10.6. The van der Waals surface area contributed by atoms with Gasteiger partial charge in [0.15, 0.2) is 17.3 Å². The predicted octanol–water partition coefficient (Wildman–Crippen LogP) is 3.46. The Kier molecular flexibility index (Phi) is 7.19. The minimum atomic E-state index is -0.746. The lowest BCUT2D eigenvalue weighted by atomic mass is 10.2. The molecular formula is C25H24FN7O4. The van der Waals surface area contributed by atoms with Gasteiger partial charge in [0.05, 0.1) is 19.9 Å². The van der Waals surface area contributed by atoms with Crippen LogP contribution in [0.5, 0.6) is 11.5 Å². The molecule has 0 fully saturated rings. The standard InChI is InChI=1S/C25H24FN7O4/c1-4-19(34)31-18-7-5-6-14(21(18)26)13-29-25-32-23(20(22(27)35)24-28-8-9-33(24)25)30-15-10-16(36-2)12-17(11-15)37-3/h4-12,30H,1,13H2,2-3H3,(H2,27,35)(H,29,32)(H,31,34). The molecule has 0 bridgehead atoms. The molecule has 2 amide bonds. The van der Waals surface area contributed by atoms with E-state index >= 15 is 0 Å². The Bertz CT molecular complexity index is 1480. The van der Waals surface area contributed by atoms with E-state index < -0.39 is 17.6 Å². The monoisotopic (exact) mass is 505 g/mol. The number of carbonyl (C=O) groups excluding carboxylic acids is 2. The summed E-state index contributed by atoms with van der Waals surface area (Å²) in [5, 5.41) is 8.56. The van der Waals surface area contributed by atoms with E-state index in [0.717, 1.165) is 6.08 Å². The molecule has 0 saturated carbocycles. The van der Waals surface area contributed by atoms with Crippen molar-refractivity contribution in [1.29, 1.82) is 0 Å². The van der Waals surface area contributed by atoms with Crippen LogP contribution in [0.2, 0.25) is 0 Å². The molecule has 0 unspecified atom stereocenters. The normalized spacial score (nSPS) is 10.6. The van der Waals surface area contributed by atoms with Gasteiger partial charge in [-0.1, -0.05) is 18.7 Å². The van der Waals surface area contributed by atoms with E-state index in [4.69, 9.17) is 15.2 Å². The van der Waals surface area contributed by atoms with Gasteiger partial charge in [0.2, 0.25) is 11.9 Å². The Balaban J connectivity index is 1.72. The fraction of sp³-hybridized carbons (Fsp3) is 0.120. The molecule has 5 N–H and O–H groups in total. The van der Waals surface area contributed by atoms with E-state index in [1.54, 1.807) is 36.5 Å².